The predicted molar refractivity (Wildman–Crippen MR) is 362 cm³/mol. The van der Waals surface area contributed by atoms with Crippen molar-refractivity contribution in [2.45, 2.75) is 159 Å². The number of hydrogen-bond acceptors (Lipinski definition) is 15. The highest BCUT2D eigenvalue weighted by Crippen LogP contribution is 2.23. The van der Waals surface area contributed by atoms with Crippen LogP contribution in [0.15, 0.2) is 114 Å². The van der Waals surface area contributed by atoms with Gasteiger partial charge in [-0.2, -0.15) is 0 Å². The molecule has 97 heavy (non-hydrogen) atoms. The summed E-state index contributed by atoms with van der Waals surface area (Å²) in [6, 6.07) is 17.8. The van der Waals surface area contributed by atoms with Crippen molar-refractivity contribution in [1.29, 1.82) is 0 Å². The fraction of sp³-hybridized carbons (Fsp3) is 0.449. The molecule has 28 heteroatoms. The van der Waals surface area contributed by atoms with Crippen LogP contribution in [-0.4, -0.2) is 172 Å². The molecule has 28 nitrogen and oxygen atoms in total. The standard InChI is InChI=1S/C69H92N14O14/c1-5-42(4)58(66(94)76-50(28-17-33-74-69(72)73)60(88)77-51(68(96)97)27-14-15-32-70)82-64(92)54(38-44-21-10-7-11-22-44)79-61(89)52(35-41(2)3)78-63(91)55(39-57(85)86)80-62(90)53(37-43-19-8-6-9-20-43)81-65(93)56-29-18-34-83(56)67(95)48-26-13-12-24-46(48)31-30-45-23-16-25-47(36-45)75-59(87)49(71)40-84/h6-13,16,19-26,36,41-42,49-56,58,84H,5,14-15,17-18,27-29,32-35,37-40,70-71H2,1-4H3,(H,75,87)(H,76,94)(H,77,88)(H,78,91)(H,79,89)(H,80,90)(H,81,93)(H,82,92)(H,85,86)(H,96,97)(H4,72,73,74)/t42-,49-,50-,51-,52-,53-,54-,55-,56-,58-/m0/s1. The molecule has 1 heterocycles. The van der Waals surface area contributed by atoms with Crippen molar-refractivity contribution in [2.24, 2.45) is 39.8 Å². The van der Waals surface area contributed by atoms with E-state index in [1.165, 1.54) is 4.90 Å². The van der Waals surface area contributed by atoms with Crippen LogP contribution in [-0.2, 0) is 60.8 Å². The highest BCUT2D eigenvalue weighted by molar-refractivity contribution is 6.02. The van der Waals surface area contributed by atoms with Gasteiger partial charge >= 0.3 is 11.9 Å². The third-order valence-electron chi connectivity index (χ3n) is 16.1. The summed E-state index contributed by atoms with van der Waals surface area (Å²) in [5.41, 5.74) is 24.8. The lowest BCUT2D eigenvalue weighted by molar-refractivity contribution is -0.142. The van der Waals surface area contributed by atoms with Gasteiger partial charge in [-0.3, -0.25) is 52.9 Å². The van der Waals surface area contributed by atoms with Crippen LogP contribution in [0.3, 0.4) is 0 Å². The number of nitrogens with one attached hydrogen (secondary N) is 8. The third-order valence-corrected chi connectivity index (χ3v) is 16.1. The van der Waals surface area contributed by atoms with Gasteiger partial charge in [0.2, 0.25) is 47.3 Å². The lowest BCUT2D eigenvalue weighted by atomic mass is 9.96. The molecule has 19 N–H and O–H groups in total. The molecule has 522 valence electrons. The Bertz CT molecular complexity index is 3450. The Balaban J connectivity index is 1.37. The number of likely N-dealkylation sites (tertiary alicyclic amines) is 1. The average molecular weight is 1340 g/mol. The maximum Gasteiger partial charge on any atom is 0.326 e. The largest absolute Gasteiger partial charge is 0.481 e. The minimum atomic E-state index is -1.85. The highest BCUT2D eigenvalue weighted by atomic mass is 16.4. The molecule has 4 aromatic carbocycles. The lowest BCUT2D eigenvalue weighted by Crippen LogP contribution is -2.61. The number of guanidine groups is 1. The van der Waals surface area contributed by atoms with Crippen molar-refractivity contribution in [1.82, 2.24) is 42.1 Å². The zero-order chi connectivity index (χ0) is 71.1. The first-order valence-electron chi connectivity index (χ1n) is 32.4. The van der Waals surface area contributed by atoms with E-state index >= 15 is 0 Å². The summed E-state index contributed by atoms with van der Waals surface area (Å²) in [7, 11) is 0. The van der Waals surface area contributed by atoms with Gasteiger partial charge in [-0.15, -0.1) is 0 Å². The van der Waals surface area contributed by atoms with Crippen LogP contribution in [0.1, 0.15) is 125 Å². The Morgan fingerprint density at radius 1 is 0.619 bits per heavy atom. The smallest absolute Gasteiger partial charge is 0.326 e. The molecule has 1 aliphatic rings. The van der Waals surface area contributed by atoms with Gasteiger partial charge in [0.15, 0.2) is 5.96 Å². The number of rotatable bonds is 37. The fourth-order valence-electron chi connectivity index (χ4n) is 10.6. The van der Waals surface area contributed by atoms with Gasteiger partial charge in [-0.1, -0.05) is 125 Å². The minimum Gasteiger partial charge on any atom is -0.481 e. The summed E-state index contributed by atoms with van der Waals surface area (Å²) in [6.07, 6.45) is 0.682. The zero-order valence-corrected chi connectivity index (χ0v) is 55.1. The number of unbranched alkanes of at least 4 members (excludes halogenated alkanes) is 1. The van der Waals surface area contributed by atoms with E-state index < -0.39 is 138 Å². The van der Waals surface area contributed by atoms with Crippen molar-refractivity contribution < 1.29 is 68.1 Å². The summed E-state index contributed by atoms with van der Waals surface area (Å²) < 4.78 is 0. The molecular weight excluding hydrogens is 1250 g/mol. The molecule has 0 aromatic heterocycles. The number of amides is 9. The summed E-state index contributed by atoms with van der Waals surface area (Å²) >= 11 is 0. The van der Waals surface area contributed by atoms with E-state index in [4.69, 9.17) is 22.9 Å². The van der Waals surface area contributed by atoms with Gasteiger partial charge in [0.1, 0.15) is 54.4 Å². The number of anilines is 1. The van der Waals surface area contributed by atoms with Gasteiger partial charge in [0.05, 0.1) is 18.6 Å². The minimum absolute atomic E-state index is 0.0456. The van der Waals surface area contributed by atoms with Crippen LogP contribution in [0, 0.1) is 23.7 Å². The molecule has 4 aromatic rings. The molecule has 0 aliphatic carbocycles. The van der Waals surface area contributed by atoms with Gasteiger partial charge in [-0.05, 0) is 111 Å². The maximum absolute atomic E-state index is 14.7. The van der Waals surface area contributed by atoms with Gasteiger partial charge in [0.25, 0.3) is 5.91 Å². The lowest BCUT2D eigenvalue weighted by Gasteiger charge is -2.30. The monoisotopic (exact) mass is 1340 g/mol. The van der Waals surface area contributed by atoms with E-state index in [1.807, 2.05) is 0 Å². The van der Waals surface area contributed by atoms with Gasteiger partial charge in [-0.25, -0.2) is 4.79 Å². The molecule has 0 saturated carbocycles. The molecule has 10 atom stereocenters. The summed E-state index contributed by atoms with van der Waals surface area (Å²) in [5.74, 6) is -5.19. The Morgan fingerprint density at radius 3 is 1.78 bits per heavy atom. The van der Waals surface area contributed by atoms with Crippen LogP contribution >= 0.6 is 0 Å². The molecule has 1 saturated heterocycles. The average Bonchev–Trinajstić information content (AvgIpc) is 1.84. The Hall–Kier alpha value is -10.2. The number of carbonyl (C=O) groups excluding carboxylic acids is 9. The molecule has 9 amide bonds. The molecule has 0 spiro atoms. The highest BCUT2D eigenvalue weighted by Gasteiger charge is 2.40. The van der Waals surface area contributed by atoms with Crippen molar-refractivity contribution in [2.75, 3.05) is 31.6 Å². The number of nitrogens with zero attached hydrogens (tertiary/aromatic N) is 2. The van der Waals surface area contributed by atoms with Crippen molar-refractivity contribution in [3.8, 4) is 11.8 Å². The second-order valence-corrected chi connectivity index (χ2v) is 24.2. The summed E-state index contributed by atoms with van der Waals surface area (Å²) in [4.78, 5) is 158. The number of aliphatic carboxylic acids is 2. The second-order valence-electron chi connectivity index (χ2n) is 24.2. The quantitative estimate of drug-likeness (QED) is 0.0128. The van der Waals surface area contributed by atoms with Crippen molar-refractivity contribution in [3.05, 3.63) is 137 Å². The number of aliphatic hydroxyl groups is 1. The number of carboxylic acid groups (broad SMARTS) is 2. The SMILES string of the molecule is CC[C@H](C)[C@H](NC(=O)[C@H](Cc1ccccc1)NC(=O)[C@H](CC(C)C)NC(=O)[C@H](CC(=O)O)NC(=O)[C@H](Cc1ccccc1)NC(=O)[C@@H]1CCCN1C(=O)c1ccccc1C#Cc1cccc(NC(=O)[C@@H](N)CO)c1)C(=O)N[C@@H](CCCN=C(N)N)C(=O)N[C@@H](CCCCN)C(=O)O. The molecular formula is C69H92N14O14. The number of aliphatic hydroxyl groups excluding tert-OH is 1. The van der Waals surface area contributed by atoms with E-state index in [1.54, 1.807) is 137 Å². The van der Waals surface area contributed by atoms with Crippen LogP contribution < -0.4 is 65.5 Å². The predicted octanol–water partition coefficient (Wildman–Crippen LogP) is 0.662. The van der Waals surface area contributed by atoms with Crippen LogP contribution in [0.2, 0.25) is 0 Å². The molecule has 1 aliphatic heterocycles. The van der Waals surface area contributed by atoms with E-state index in [-0.39, 0.29) is 75.5 Å². The first kappa shape index (κ1) is 77.5. The summed E-state index contributed by atoms with van der Waals surface area (Å²) in [5, 5.41) is 50.6. The summed E-state index contributed by atoms with van der Waals surface area (Å²) in [6.45, 7) is 6.92. The number of aliphatic imine (C=N–C) groups is 1. The normalized spacial score (nSPS) is 15.3. The molecule has 0 bridgehead atoms. The molecule has 0 radical (unpaired) electrons. The Labute approximate surface area is 564 Å². The van der Waals surface area contributed by atoms with E-state index in [2.05, 4.69) is 59.4 Å². The number of benzene rings is 4. The zero-order valence-electron chi connectivity index (χ0n) is 55.1. The fourth-order valence-corrected chi connectivity index (χ4v) is 10.6. The van der Waals surface area contributed by atoms with E-state index in [0.29, 0.717) is 60.2 Å². The van der Waals surface area contributed by atoms with Crippen LogP contribution in [0.4, 0.5) is 5.69 Å². The number of hydrogen-bond donors (Lipinski definition) is 15. The molecule has 0 unspecified atom stereocenters. The maximum atomic E-state index is 14.7. The van der Waals surface area contributed by atoms with Gasteiger partial charge in [0, 0.05) is 42.7 Å². The van der Waals surface area contributed by atoms with Crippen LogP contribution in [0.25, 0.3) is 0 Å². The van der Waals surface area contributed by atoms with E-state index in [9.17, 15) is 68.1 Å². The first-order valence-corrected chi connectivity index (χ1v) is 32.4. The first-order chi connectivity index (χ1) is 46.3. The van der Waals surface area contributed by atoms with E-state index in [0.717, 1.165) is 0 Å². The number of nitrogens with two attached hydrogens (primary N) is 4. The topological polar surface area (TPSA) is 464 Å². The second kappa shape index (κ2) is 39.6. The molecule has 5 rings (SSSR count). The van der Waals surface area contributed by atoms with Gasteiger partial charge < -0.3 is 85.7 Å². The third kappa shape index (κ3) is 25.4. The number of carbonyl (C=O) groups is 11. The number of carboxylic acids is 2. The molecule has 1 fully saturated rings. The van der Waals surface area contributed by atoms with Crippen LogP contribution in [0.5, 0.6) is 0 Å². The van der Waals surface area contributed by atoms with Crippen molar-refractivity contribution >= 4 is 76.8 Å². The Morgan fingerprint density at radius 2 is 1.18 bits per heavy atom. The van der Waals surface area contributed by atoms with Crippen molar-refractivity contribution in [3.63, 3.8) is 0 Å². The Kier molecular flexibility index (Phi) is 31.6.